The van der Waals surface area contributed by atoms with Crippen LogP contribution in [0, 0.1) is 5.16 Å². The van der Waals surface area contributed by atoms with Crippen LogP contribution in [0.5, 0.6) is 0 Å². The maximum atomic E-state index is 10.5. The Morgan fingerprint density at radius 2 is 1.09 bits per heavy atom. The normalized spacial score (nSPS) is 19.5. The van der Waals surface area contributed by atoms with Gasteiger partial charge in [-0.2, -0.15) is 0 Å². The summed E-state index contributed by atoms with van der Waals surface area (Å²) in [6.45, 7) is 0. The number of hydrogen-bond donors (Lipinski definition) is 1. The minimum Gasteiger partial charge on any atom is -0.309 e. The molecule has 0 aliphatic heterocycles. The second-order valence-corrected chi connectivity index (χ2v) is 13.1. The van der Waals surface area contributed by atoms with Gasteiger partial charge in [-0.1, -0.05) is 123 Å². The molecular weight excluding hydrogens is 405 g/mol. The number of nitrogens with one attached hydrogen (secondary N) is 1. The van der Waals surface area contributed by atoms with E-state index in [-0.39, 0.29) is 5.16 Å². The summed E-state index contributed by atoms with van der Waals surface area (Å²) in [7, 11) is -2.43. The van der Waals surface area contributed by atoms with Crippen LogP contribution < -0.4 is 10.6 Å². The van der Waals surface area contributed by atoms with Gasteiger partial charge in [0.2, 0.25) is 0 Å². The molecule has 2 aliphatic rings. The highest BCUT2D eigenvalue weighted by Crippen LogP contribution is 2.68. The van der Waals surface area contributed by atoms with Gasteiger partial charge in [0, 0.05) is 12.2 Å². The Bertz CT molecular complexity index is 1020. The zero-order chi connectivity index (χ0) is 21.9. The number of hydrogen-bond acceptors (Lipinski definition) is 1. The molecule has 5 rings (SSSR count). The van der Waals surface area contributed by atoms with E-state index in [9.17, 15) is 5.16 Å². The molecule has 1 nitrogen and oxygen atoms in total. The zero-order valence-electron chi connectivity index (χ0n) is 19.2. The van der Waals surface area contributed by atoms with Crippen molar-refractivity contribution in [2.45, 2.75) is 75.3 Å². The minimum atomic E-state index is -2.43. The Morgan fingerprint density at radius 1 is 0.594 bits per heavy atom. The van der Waals surface area contributed by atoms with E-state index in [1.165, 1.54) is 67.5 Å². The topological polar surface area (TPSA) is 23.9 Å². The lowest BCUT2D eigenvalue weighted by Crippen LogP contribution is -2.38. The van der Waals surface area contributed by atoms with Gasteiger partial charge in [0.25, 0.3) is 0 Å². The van der Waals surface area contributed by atoms with Crippen LogP contribution in [0.25, 0.3) is 0 Å². The molecule has 2 fully saturated rings. The van der Waals surface area contributed by atoms with E-state index >= 15 is 0 Å². The lowest BCUT2D eigenvalue weighted by Gasteiger charge is -2.49. The van der Waals surface area contributed by atoms with Gasteiger partial charge in [0.1, 0.15) is 0 Å². The van der Waals surface area contributed by atoms with Crippen LogP contribution >= 0.6 is 7.05 Å². The molecule has 2 heteroatoms. The molecule has 1 N–H and O–H groups in total. The van der Waals surface area contributed by atoms with E-state index < -0.39 is 7.05 Å². The van der Waals surface area contributed by atoms with Crippen LogP contribution in [0.1, 0.15) is 81.3 Å². The van der Waals surface area contributed by atoms with Crippen molar-refractivity contribution in [2.75, 3.05) is 0 Å². The van der Waals surface area contributed by atoms with Crippen LogP contribution in [0.2, 0.25) is 0 Å². The Hall–Kier alpha value is -2.11. The maximum Gasteiger partial charge on any atom is 0.0379 e. The van der Waals surface area contributed by atoms with Crippen molar-refractivity contribution in [2.24, 2.45) is 0 Å². The third-order valence-corrected chi connectivity index (χ3v) is 12.2. The molecule has 0 aromatic heterocycles. The second kappa shape index (κ2) is 9.40. The highest BCUT2D eigenvalue weighted by molar-refractivity contribution is 7.80. The highest BCUT2D eigenvalue weighted by Gasteiger charge is 2.49. The van der Waals surface area contributed by atoms with Gasteiger partial charge in [-0.25, -0.2) is 0 Å². The molecule has 32 heavy (non-hydrogen) atoms. The van der Waals surface area contributed by atoms with Crippen LogP contribution in [0.15, 0.2) is 84.9 Å². The predicted octanol–water partition coefficient (Wildman–Crippen LogP) is 8.32. The lowest BCUT2D eigenvalue weighted by atomic mass is 9.75. The minimum absolute atomic E-state index is 0.0952. The summed E-state index contributed by atoms with van der Waals surface area (Å²) in [4.78, 5) is 0. The van der Waals surface area contributed by atoms with Gasteiger partial charge in [-0.3, -0.25) is 0 Å². The molecular formula is C30H36NP. The van der Waals surface area contributed by atoms with Crippen LogP contribution in [0.4, 0.5) is 0 Å². The van der Waals surface area contributed by atoms with E-state index in [1.54, 1.807) is 5.56 Å². The van der Waals surface area contributed by atoms with Crippen molar-refractivity contribution < 1.29 is 0 Å². The molecule has 0 heterocycles. The van der Waals surface area contributed by atoms with E-state index in [4.69, 9.17) is 0 Å². The summed E-state index contributed by atoms with van der Waals surface area (Å²) in [6.07, 6.45) is 12.8. The molecule has 0 bridgehead atoms. The van der Waals surface area contributed by atoms with Gasteiger partial charge in [-0.05, 0) is 53.3 Å². The molecule has 0 unspecified atom stereocenters. The van der Waals surface area contributed by atoms with Gasteiger partial charge in [0.05, 0.1) is 0 Å². The standard InChI is InChI=1S/C30H36NP/c31-32(26-17-7-2-8-18-26,27-19-9-3-10-20-27)30(23-13-4-14-24-30)29-22-12-11-21-28(29)25-15-5-1-6-16-25/h2-3,7-12,17-22,25,31H,1,4-6,13-16,23-24H2. The van der Waals surface area contributed by atoms with E-state index in [2.05, 4.69) is 84.9 Å². The summed E-state index contributed by atoms with van der Waals surface area (Å²) in [6, 6.07) is 31.1. The van der Waals surface area contributed by atoms with Crippen LogP contribution in [-0.2, 0) is 5.16 Å². The van der Waals surface area contributed by atoms with Crippen molar-refractivity contribution >= 4 is 17.7 Å². The molecule has 0 spiro atoms. The molecule has 0 amide bonds. The van der Waals surface area contributed by atoms with Crippen molar-refractivity contribution in [3.63, 3.8) is 0 Å². The molecule has 2 aliphatic carbocycles. The monoisotopic (exact) mass is 441 g/mol. The predicted molar refractivity (Wildman–Crippen MR) is 139 cm³/mol. The first-order valence-electron chi connectivity index (χ1n) is 12.6. The Balaban J connectivity index is 1.77. The lowest BCUT2D eigenvalue weighted by molar-refractivity contribution is 0.387. The summed E-state index contributed by atoms with van der Waals surface area (Å²) < 4.78 is 0. The number of rotatable bonds is 5. The third-order valence-electron chi connectivity index (χ3n) is 8.12. The largest absolute Gasteiger partial charge is 0.309 e. The Morgan fingerprint density at radius 3 is 1.69 bits per heavy atom. The third kappa shape index (κ3) is 3.69. The quantitative estimate of drug-likeness (QED) is 0.385. The van der Waals surface area contributed by atoms with Crippen molar-refractivity contribution in [3.05, 3.63) is 96.1 Å². The van der Waals surface area contributed by atoms with E-state index in [0.29, 0.717) is 5.92 Å². The first kappa shape index (κ1) is 21.7. The van der Waals surface area contributed by atoms with Gasteiger partial charge >= 0.3 is 0 Å². The second-order valence-electron chi connectivity index (χ2n) is 9.86. The highest BCUT2D eigenvalue weighted by atomic mass is 31.2. The smallest absolute Gasteiger partial charge is 0.0379 e. The van der Waals surface area contributed by atoms with Crippen molar-refractivity contribution in [1.82, 2.24) is 0 Å². The van der Waals surface area contributed by atoms with Gasteiger partial charge in [0.15, 0.2) is 0 Å². The van der Waals surface area contributed by atoms with Crippen LogP contribution in [-0.4, -0.2) is 0 Å². The van der Waals surface area contributed by atoms with Gasteiger partial charge < -0.3 is 5.16 Å². The van der Waals surface area contributed by atoms with Gasteiger partial charge in [-0.15, -0.1) is 0 Å². The van der Waals surface area contributed by atoms with Crippen molar-refractivity contribution in [1.29, 1.82) is 5.16 Å². The maximum absolute atomic E-state index is 10.5. The Labute approximate surface area is 194 Å². The molecule has 3 aromatic carbocycles. The fraction of sp³-hybridized carbons (Fsp3) is 0.400. The fourth-order valence-electron chi connectivity index (χ4n) is 6.56. The van der Waals surface area contributed by atoms with Crippen LogP contribution in [0.3, 0.4) is 0 Å². The summed E-state index contributed by atoms with van der Waals surface area (Å²) in [5.41, 5.74) is 3.08. The van der Waals surface area contributed by atoms with Crippen molar-refractivity contribution in [3.8, 4) is 0 Å². The zero-order valence-corrected chi connectivity index (χ0v) is 20.1. The first-order chi connectivity index (χ1) is 15.8. The molecule has 166 valence electrons. The molecule has 2 saturated carbocycles. The van der Waals surface area contributed by atoms with E-state index in [0.717, 1.165) is 12.8 Å². The average molecular weight is 442 g/mol. The molecule has 0 atom stereocenters. The summed E-state index contributed by atoms with van der Waals surface area (Å²) in [5.74, 6) is 0.666. The molecule has 0 saturated heterocycles. The fourth-order valence-corrected chi connectivity index (χ4v) is 10.6. The summed E-state index contributed by atoms with van der Waals surface area (Å²) >= 11 is 0. The average Bonchev–Trinajstić information content (AvgIpc) is 2.90. The van der Waals surface area contributed by atoms with E-state index in [1.807, 2.05) is 0 Å². The SMILES string of the molecule is N=P(c1ccccc1)(c1ccccc1)C1(c2ccccc2C2CCCCC2)CCCCC1. The summed E-state index contributed by atoms with van der Waals surface area (Å²) in [5, 5.41) is 12.9. The number of benzene rings is 3. The first-order valence-corrected chi connectivity index (χ1v) is 14.4. The molecule has 0 radical (unpaired) electrons. The molecule has 3 aromatic rings. The Kier molecular flexibility index (Phi) is 6.38.